The zero-order valence-corrected chi connectivity index (χ0v) is 38.1. The topological polar surface area (TPSA) is 286 Å². The van der Waals surface area contributed by atoms with Crippen molar-refractivity contribution in [1.82, 2.24) is 39.5 Å². The summed E-state index contributed by atoms with van der Waals surface area (Å²) in [7, 11) is 0. The number of azo groups is 1. The second kappa shape index (κ2) is 22.6. The van der Waals surface area contributed by atoms with Crippen molar-refractivity contribution >= 4 is 73.4 Å². The van der Waals surface area contributed by atoms with E-state index in [0.717, 1.165) is 16.3 Å². The van der Waals surface area contributed by atoms with Crippen LogP contribution in [0.2, 0.25) is 0 Å². The third-order valence-corrected chi connectivity index (χ3v) is 10.6. The molecule has 0 atom stereocenters. The molecule has 73 heavy (non-hydrogen) atoms. The van der Waals surface area contributed by atoms with Crippen molar-refractivity contribution in [1.29, 1.82) is 0 Å². The Kier molecular flexibility index (Phi) is 15.1. The molecule has 6 aromatic carbocycles. The van der Waals surface area contributed by atoms with Crippen LogP contribution in [0.3, 0.4) is 0 Å². The predicted molar refractivity (Wildman–Crippen MR) is 271 cm³/mol. The lowest BCUT2D eigenvalue weighted by Gasteiger charge is -2.11. The number of nitrogen functional groups attached to an aromatic ring is 1. The molecule has 0 aliphatic rings. The lowest BCUT2D eigenvalue weighted by Crippen LogP contribution is -2.12. The van der Waals surface area contributed by atoms with Gasteiger partial charge in [0.25, 0.3) is 29.4 Å². The quantitative estimate of drug-likeness (QED) is 0.0497. The number of carbonyl (C=O) groups excluding carboxylic acids is 2. The molecular formula is C52H39N15O6. The second-order valence-electron chi connectivity index (χ2n) is 15.3. The lowest BCUT2D eigenvalue weighted by molar-refractivity contribution is 0.101. The Morgan fingerprint density at radius 2 is 1.07 bits per heavy atom. The number of aromatic hydroxyl groups is 2. The van der Waals surface area contributed by atoms with Crippen LogP contribution in [-0.4, -0.2) is 71.7 Å². The maximum atomic E-state index is 13.1. The van der Waals surface area contributed by atoms with Crippen LogP contribution in [-0.2, 0) is 13.2 Å². The zero-order valence-electron chi connectivity index (χ0n) is 38.1. The summed E-state index contributed by atoms with van der Waals surface area (Å²) < 4.78 is 2.59. The number of nitrogens with zero attached hydrogens (tertiary/aromatic N) is 12. The molecule has 0 saturated carbocycles. The Morgan fingerprint density at radius 3 is 1.62 bits per heavy atom. The van der Waals surface area contributed by atoms with E-state index in [1.165, 1.54) is 34.2 Å². The van der Waals surface area contributed by atoms with Gasteiger partial charge in [0.2, 0.25) is 5.69 Å². The van der Waals surface area contributed by atoms with Crippen molar-refractivity contribution < 1.29 is 30.0 Å². The lowest BCUT2D eigenvalue weighted by atomic mass is 10.0. The first-order valence-electron chi connectivity index (χ1n) is 21.7. The summed E-state index contributed by atoms with van der Waals surface area (Å²) in [5.41, 5.74) is 8.91. The number of amides is 2. The largest absolute Gasteiger partial charge is 0.507 e. The van der Waals surface area contributed by atoms with Crippen LogP contribution in [0.4, 0.5) is 40.1 Å². The smallest absolute Gasteiger partial charge is 0.259 e. The molecule has 4 aromatic heterocycles. The van der Waals surface area contributed by atoms with Crippen LogP contribution in [0, 0.1) is 13.1 Å². The van der Waals surface area contributed by atoms with Crippen molar-refractivity contribution in [2.45, 2.75) is 13.2 Å². The number of phenolic OH excluding ortho intramolecular Hbond substituents is 2. The summed E-state index contributed by atoms with van der Waals surface area (Å²) >= 11 is 0. The number of nitrogens with two attached hydrogens (primary N) is 1. The van der Waals surface area contributed by atoms with Crippen LogP contribution in [0.5, 0.6) is 11.5 Å². The molecule has 0 saturated heterocycles. The van der Waals surface area contributed by atoms with E-state index in [1.807, 2.05) is 24.3 Å². The molecule has 0 aliphatic carbocycles. The summed E-state index contributed by atoms with van der Waals surface area (Å²) in [6.07, 6.45) is 8.94. The van der Waals surface area contributed by atoms with Gasteiger partial charge in [-0.15, -0.1) is 10.2 Å². The molecule has 21 heteroatoms. The van der Waals surface area contributed by atoms with Crippen molar-refractivity contribution in [3.05, 3.63) is 210 Å². The highest BCUT2D eigenvalue weighted by Gasteiger charge is 2.21. The van der Waals surface area contributed by atoms with Gasteiger partial charge in [0.1, 0.15) is 17.3 Å². The third kappa shape index (κ3) is 11.3. The third-order valence-electron chi connectivity index (χ3n) is 10.6. The Hall–Kier alpha value is -10.7. The molecular weight excluding hydrogens is 931 g/mol. The number of hydrogen-bond donors (Lipinski definition) is 7. The number of hydrogen-bond acceptors (Lipinski definition) is 15. The van der Waals surface area contributed by atoms with E-state index in [0.29, 0.717) is 39.3 Å². The summed E-state index contributed by atoms with van der Waals surface area (Å²) in [6.45, 7) is 14.1. The fourth-order valence-corrected chi connectivity index (χ4v) is 6.93. The van der Waals surface area contributed by atoms with Gasteiger partial charge in [-0.3, -0.25) is 9.59 Å². The molecule has 10 aromatic rings. The summed E-state index contributed by atoms with van der Waals surface area (Å²) in [5.74, 6) is -0.474. The number of aromatic nitrogens is 8. The average molecular weight is 970 g/mol. The van der Waals surface area contributed by atoms with Gasteiger partial charge in [-0.1, -0.05) is 72.8 Å². The van der Waals surface area contributed by atoms with Gasteiger partial charge in [0, 0.05) is 41.5 Å². The minimum atomic E-state index is -0.555. The van der Waals surface area contributed by atoms with Crippen LogP contribution >= 0.6 is 0 Å². The molecule has 4 heterocycles. The van der Waals surface area contributed by atoms with E-state index >= 15 is 0 Å². The molecule has 0 unspecified atom stereocenters. The number of benzene rings is 6. The number of aliphatic hydroxyl groups is 2. The van der Waals surface area contributed by atoms with Crippen LogP contribution in [0.25, 0.3) is 43.1 Å². The van der Waals surface area contributed by atoms with Crippen LogP contribution in [0.1, 0.15) is 31.8 Å². The second-order valence-corrected chi connectivity index (χ2v) is 15.3. The molecule has 2 amide bonds. The van der Waals surface area contributed by atoms with Crippen molar-refractivity contribution in [2.75, 3.05) is 16.4 Å². The maximum Gasteiger partial charge on any atom is 0.259 e. The number of nitrogens with one attached hydrogen (secondary N) is 2. The predicted octanol–water partition coefficient (Wildman–Crippen LogP) is 9.32. The molecule has 0 aliphatic heterocycles. The summed E-state index contributed by atoms with van der Waals surface area (Å²) in [6, 6.07) is 36.3. The van der Waals surface area contributed by atoms with Crippen molar-refractivity contribution in [3.63, 3.8) is 0 Å². The summed E-state index contributed by atoms with van der Waals surface area (Å²) in [5, 5.41) is 64.3. The molecule has 358 valence electrons. The van der Waals surface area contributed by atoms with Crippen LogP contribution in [0.15, 0.2) is 175 Å². The molecule has 0 spiro atoms. The molecule has 0 bridgehead atoms. The highest BCUT2D eigenvalue weighted by Crippen LogP contribution is 2.41. The molecule has 8 N–H and O–H groups in total. The fraction of sp³-hybridized carbons (Fsp3) is 0.0385. The van der Waals surface area contributed by atoms with Gasteiger partial charge in [0.05, 0.1) is 49.9 Å². The molecule has 10 rings (SSSR count). The normalized spacial score (nSPS) is 10.6. The minimum Gasteiger partial charge on any atom is -0.507 e. The number of phenols is 2. The van der Waals surface area contributed by atoms with E-state index in [-0.39, 0.29) is 70.7 Å². The Bertz CT molecular complexity index is 3700. The van der Waals surface area contributed by atoms with E-state index in [9.17, 15) is 24.9 Å². The van der Waals surface area contributed by atoms with Gasteiger partial charge in [-0.05, 0) is 81.9 Å². The van der Waals surface area contributed by atoms with E-state index in [1.54, 1.807) is 116 Å². The molecule has 0 fully saturated rings. The number of aliphatic hydroxyl groups excluding tert-OH is 2. The highest BCUT2D eigenvalue weighted by molar-refractivity contribution is 6.12. The first kappa shape index (κ1) is 48.7. The van der Waals surface area contributed by atoms with Gasteiger partial charge in [-0.25, -0.2) is 29.6 Å². The number of carbonyl (C=O) groups is 2. The van der Waals surface area contributed by atoms with Crippen molar-refractivity contribution in [3.8, 4) is 23.4 Å². The van der Waals surface area contributed by atoms with Crippen molar-refractivity contribution in [2.24, 2.45) is 10.2 Å². The fourth-order valence-electron chi connectivity index (χ4n) is 6.93. The standard InChI is InChI=1S/C26H18N8O3.C18H15NO3.C8H6N6/c1-27-21-14-30-34(26-28-11-4-12-29-26)24(21)33-32-22-19-6-3-2-5-17(19)13-20(23(22)36)25(37)31-18-9-7-16(15-35)8-10-18;20-11-12-5-7-15(8-6-12)19-18(22)16-9-13-3-1-2-4-14(13)10-17(16)21;1-10-6-5-13-14(7(6)9)8-11-3-2-4-12-8/h2-14,35-36H,15H2,(H,31,37);1-10,20-21H,11H2,(H,19,22);2-5H,9H2. The number of anilines is 3. The Morgan fingerprint density at radius 1 is 0.589 bits per heavy atom. The molecule has 21 nitrogen and oxygen atoms in total. The number of rotatable bonds is 10. The monoisotopic (exact) mass is 969 g/mol. The first-order valence-corrected chi connectivity index (χ1v) is 21.7. The average Bonchev–Trinajstić information content (AvgIpc) is 4.03. The maximum absolute atomic E-state index is 13.1. The molecule has 0 radical (unpaired) electrons. The van der Waals surface area contributed by atoms with Crippen LogP contribution < -0.4 is 16.4 Å². The van der Waals surface area contributed by atoms with Gasteiger partial charge >= 0.3 is 0 Å². The van der Waals surface area contributed by atoms with Gasteiger partial charge < -0.3 is 36.8 Å². The Balaban J connectivity index is 0.000000166. The summed E-state index contributed by atoms with van der Waals surface area (Å²) in [4.78, 5) is 48.2. The van der Waals surface area contributed by atoms with Gasteiger partial charge in [0.15, 0.2) is 11.6 Å². The highest BCUT2D eigenvalue weighted by atomic mass is 16.3. The first-order chi connectivity index (χ1) is 35.6. The van der Waals surface area contributed by atoms with E-state index in [4.69, 9.17) is 24.0 Å². The zero-order chi connectivity index (χ0) is 51.3. The van der Waals surface area contributed by atoms with E-state index < -0.39 is 5.91 Å². The minimum absolute atomic E-state index is 0.0100. The Labute approximate surface area is 414 Å². The number of fused-ring (bicyclic) bond motifs is 2. The van der Waals surface area contributed by atoms with E-state index in [2.05, 4.69) is 60.7 Å². The van der Waals surface area contributed by atoms with Gasteiger partial charge in [-0.2, -0.15) is 19.6 Å². The SMILES string of the molecule is O=C(Nc1ccc(CO)cc1)c1cc2ccccc2cc1O.[C-]#[N+]c1cnn(-c2ncccn2)c1N.[C-]#[N+]c1cnn(-c2ncccn2)c1N=Nc1c(O)c(C(=O)Nc2ccc(CO)cc2)cc2ccccc12.